The van der Waals surface area contributed by atoms with E-state index >= 15 is 0 Å². The molecule has 0 aromatic heterocycles. The van der Waals surface area contributed by atoms with Crippen LogP contribution in [-0.4, -0.2) is 53.8 Å². The van der Waals surface area contributed by atoms with Crippen LogP contribution in [0.25, 0.3) is 0 Å². The molecule has 1 N–H and O–H groups in total. The van der Waals surface area contributed by atoms with E-state index in [4.69, 9.17) is 4.74 Å². The second-order valence-electron chi connectivity index (χ2n) is 5.86. The number of rotatable bonds is 6. The first kappa shape index (κ1) is 15.4. The fourth-order valence-electron chi connectivity index (χ4n) is 2.44. The maximum absolute atomic E-state index is 9.93. The second kappa shape index (κ2) is 6.50. The van der Waals surface area contributed by atoms with Crippen molar-refractivity contribution < 1.29 is 9.84 Å². The number of hydrogen-bond donors (Lipinski definition) is 1. The van der Waals surface area contributed by atoms with Gasteiger partial charge in [-0.1, -0.05) is 22.9 Å². The molecule has 0 saturated carbocycles. The van der Waals surface area contributed by atoms with Gasteiger partial charge in [0.15, 0.2) is 0 Å². The summed E-state index contributed by atoms with van der Waals surface area (Å²) in [6.07, 6.45) is 2.22. The summed E-state index contributed by atoms with van der Waals surface area (Å²) in [7, 11) is 0. The zero-order valence-corrected chi connectivity index (χ0v) is 12.9. The van der Waals surface area contributed by atoms with Crippen molar-refractivity contribution in [2.75, 3.05) is 38.2 Å². The minimum absolute atomic E-state index is 0.319. The van der Waals surface area contributed by atoms with E-state index in [0.29, 0.717) is 5.41 Å². The van der Waals surface area contributed by atoms with Crippen molar-refractivity contribution in [3.63, 3.8) is 0 Å². The quantitative estimate of drug-likeness (QED) is 0.764. The van der Waals surface area contributed by atoms with E-state index in [9.17, 15) is 5.11 Å². The van der Waals surface area contributed by atoms with Crippen LogP contribution in [0.4, 0.5) is 0 Å². The molecule has 4 heteroatoms. The van der Waals surface area contributed by atoms with Crippen molar-refractivity contribution in [2.45, 2.75) is 39.2 Å². The summed E-state index contributed by atoms with van der Waals surface area (Å²) in [5.74, 6) is 0. The Morgan fingerprint density at radius 3 is 2.35 bits per heavy atom. The lowest BCUT2D eigenvalue weighted by atomic mass is 9.81. The van der Waals surface area contributed by atoms with Crippen LogP contribution in [0.5, 0.6) is 0 Å². The molecule has 102 valence electrons. The van der Waals surface area contributed by atoms with Crippen LogP contribution in [0.2, 0.25) is 0 Å². The van der Waals surface area contributed by atoms with Crippen molar-refractivity contribution in [3.05, 3.63) is 0 Å². The molecule has 0 atom stereocenters. The zero-order chi connectivity index (χ0) is 12.9. The molecule has 1 fully saturated rings. The highest BCUT2D eigenvalue weighted by Gasteiger charge is 2.34. The van der Waals surface area contributed by atoms with E-state index in [1.54, 1.807) is 0 Å². The Morgan fingerprint density at radius 1 is 1.35 bits per heavy atom. The smallest absolute Gasteiger partial charge is 0.0718 e. The molecular formula is C13H26BrNO2. The summed E-state index contributed by atoms with van der Waals surface area (Å²) >= 11 is 3.66. The Hall–Kier alpha value is 0.360. The predicted molar refractivity (Wildman–Crippen MR) is 74.7 cm³/mol. The lowest BCUT2D eigenvalue weighted by molar-refractivity contribution is -0.0131. The molecule has 0 aromatic carbocycles. The maximum atomic E-state index is 9.93. The van der Waals surface area contributed by atoms with Gasteiger partial charge in [-0.2, -0.15) is 0 Å². The minimum atomic E-state index is -0.616. The normalized spacial score (nSPS) is 20.8. The molecule has 0 aromatic rings. The molecule has 1 heterocycles. The van der Waals surface area contributed by atoms with Crippen LogP contribution >= 0.6 is 15.9 Å². The molecule has 1 aliphatic rings. The first-order chi connectivity index (χ1) is 7.91. The molecule has 1 saturated heterocycles. The molecule has 0 radical (unpaired) electrons. The Balaban J connectivity index is 2.58. The van der Waals surface area contributed by atoms with Crippen LogP contribution in [0.3, 0.4) is 0 Å². The Kier molecular flexibility index (Phi) is 5.90. The SMILES string of the molecule is CCN(CC(C)(C)O)CC1(CBr)CCOCC1. The van der Waals surface area contributed by atoms with Gasteiger partial charge in [-0.05, 0) is 38.6 Å². The van der Waals surface area contributed by atoms with Gasteiger partial charge in [0.05, 0.1) is 5.60 Å². The summed E-state index contributed by atoms with van der Waals surface area (Å²) < 4.78 is 5.45. The number of hydrogen-bond acceptors (Lipinski definition) is 3. The van der Waals surface area contributed by atoms with E-state index in [1.165, 1.54) is 0 Å². The molecule has 1 rings (SSSR count). The molecule has 1 aliphatic heterocycles. The summed E-state index contributed by atoms with van der Waals surface area (Å²) in [5, 5.41) is 10.9. The molecular weight excluding hydrogens is 282 g/mol. The van der Waals surface area contributed by atoms with Crippen molar-refractivity contribution in [1.82, 2.24) is 4.90 Å². The Bertz CT molecular complexity index is 222. The topological polar surface area (TPSA) is 32.7 Å². The van der Waals surface area contributed by atoms with E-state index in [-0.39, 0.29) is 0 Å². The van der Waals surface area contributed by atoms with Gasteiger partial charge in [0, 0.05) is 31.6 Å². The second-order valence-corrected chi connectivity index (χ2v) is 6.42. The van der Waals surface area contributed by atoms with Crippen LogP contribution in [-0.2, 0) is 4.74 Å². The van der Waals surface area contributed by atoms with Crippen LogP contribution in [0.1, 0.15) is 33.6 Å². The number of ether oxygens (including phenoxy) is 1. The fourth-order valence-corrected chi connectivity index (χ4v) is 3.18. The third-order valence-corrected chi connectivity index (χ3v) is 4.64. The van der Waals surface area contributed by atoms with Crippen LogP contribution < -0.4 is 0 Å². The first-order valence-electron chi connectivity index (χ1n) is 6.49. The average Bonchev–Trinajstić information content (AvgIpc) is 2.27. The fraction of sp³-hybridized carbons (Fsp3) is 1.00. The van der Waals surface area contributed by atoms with Gasteiger partial charge in [0.1, 0.15) is 0 Å². The molecule has 3 nitrogen and oxygen atoms in total. The number of aliphatic hydroxyl groups is 1. The molecule has 17 heavy (non-hydrogen) atoms. The average molecular weight is 308 g/mol. The van der Waals surface area contributed by atoms with E-state index in [0.717, 1.165) is 51.0 Å². The highest BCUT2D eigenvalue weighted by molar-refractivity contribution is 9.09. The highest BCUT2D eigenvalue weighted by Crippen LogP contribution is 2.33. The van der Waals surface area contributed by atoms with Gasteiger partial charge < -0.3 is 14.7 Å². The number of nitrogens with zero attached hydrogens (tertiary/aromatic N) is 1. The summed E-state index contributed by atoms with van der Waals surface area (Å²) in [6.45, 7) is 10.4. The van der Waals surface area contributed by atoms with E-state index in [1.807, 2.05) is 13.8 Å². The third kappa shape index (κ3) is 5.25. The number of likely N-dealkylation sites (N-methyl/N-ethyl adjacent to an activating group) is 1. The van der Waals surface area contributed by atoms with Crippen LogP contribution in [0, 0.1) is 5.41 Å². The highest BCUT2D eigenvalue weighted by atomic mass is 79.9. The van der Waals surface area contributed by atoms with Gasteiger partial charge >= 0.3 is 0 Å². The number of alkyl halides is 1. The summed E-state index contributed by atoms with van der Waals surface area (Å²) in [6, 6.07) is 0. The van der Waals surface area contributed by atoms with E-state index in [2.05, 4.69) is 27.8 Å². The van der Waals surface area contributed by atoms with Crippen LogP contribution in [0.15, 0.2) is 0 Å². The Morgan fingerprint density at radius 2 is 1.94 bits per heavy atom. The van der Waals surface area contributed by atoms with Crippen molar-refractivity contribution >= 4 is 15.9 Å². The number of halogens is 1. The monoisotopic (exact) mass is 307 g/mol. The zero-order valence-electron chi connectivity index (χ0n) is 11.3. The molecule has 0 bridgehead atoms. The van der Waals surface area contributed by atoms with Crippen molar-refractivity contribution in [1.29, 1.82) is 0 Å². The lowest BCUT2D eigenvalue weighted by Gasteiger charge is -2.41. The predicted octanol–water partition coefficient (Wildman–Crippen LogP) is 2.27. The molecule has 0 spiro atoms. The van der Waals surface area contributed by atoms with Gasteiger partial charge in [-0.3, -0.25) is 0 Å². The minimum Gasteiger partial charge on any atom is -0.389 e. The van der Waals surface area contributed by atoms with Gasteiger partial charge in [0.25, 0.3) is 0 Å². The lowest BCUT2D eigenvalue weighted by Crippen LogP contribution is -2.47. The largest absolute Gasteiger partial charge is 0.389 e. The van der Waals surface area contributed by atoms with Crippen molar-refractivity contribution in [2.24, 2.45) is 5.41 Å². The molecule has 0 amide bonds. The van der Waals surface area contributed by atoms with E-state index < -0.39 is 5.60 Å². The van der Waals surface area contributed by atoms with Gasteiger partial charge in [-0.25, -0.2) is 0 Å². The van der Waals surface area contributed by atoms with Crippen molar-refractivity contribution in [3.8, 4) is 0 Å². The Labute approximate surface area is 114 Å². The standard InChI is InChI=1S/C13H26BrNO2/c1-4-15(10-12(2,3)16)11-13(9-14)5-7-17-8-6-13/h16H,4-11H2,1-3H3. The first-order valence-corrected chi connectivity index (χ1v) is 7.61. The summed E-state index contributed by atoms with van der Waals surface area (Å²) in [5.41, 5.74) is -0.297. The third-order valence-electron chi connectivity index (χ3n) is 3.45. The molecule has 0 unspecified atom stereocenters. The molecule has 0 aliphatic carbocycles. The van der Waals surface area contributed by atoms with Gasteiger partial charge in [0.2, 0.25) is 0 Å². The van der Waals surface area contributed by atoms with Gasteiger partial charge in [-0.15, -0.1) is 0 Å². The maximum Gasteiger partial charge on any atom is 0.0718 e. The summed E-state index contributed by atoms with van der Waals surface area (Å²) in [4.78, 5) is 2.35.